The summed E-state index contributed by atoms with van der Waals surface area (Å²) in [7, 11) is 0. The third-order valence-electron chi connectivity index (χ3n) is 13.6. The number of nitro benzene ring substituents is 1. The normalized spacial score (nSPS) is 33.5. The second kappa shape index (κ2) is 11.4. The number of benzene rings is 3. The first-order valence-electron chi connectivity index (χ1n) is 18.8. The summed E-state index contributed by atoms with van der Waals surface area (Å²) < 4.78 is 0. The molecule has 5 saturated heterocycles. The number of nitrogens with one attached hydrogen (secondary N) is 2. The molecule has 3 spiro atoms. The Bertz CT molecular complexity index is 2190. The molecule has 3 aromatic rings. The highest BCUT2D eigenvalue weighted by Gasteiger charge is 2.75. The largest absolute Gasteiger partial charge is 0.337 e. The highest BCUT2D eigenvalue weighted by atomic mass is 16.6. The molecule has 0 aliphatic carbocycles. The summed E-state index contributed by atoms with van der Waals surface area (Å²) in [6, 6.07) is 21.6. The maximum absolute atomic E-state index is 15.3. The average Bonchev–Trinajstić information content (AvgIpc) is 3.98. The van der Waals surface area contributed by atoms with Crippen molar-refractivity contribution in [1.82, 2.24) is 14.7 Å². The van der Waals surface area contributed by atoms with Gasteiger partial charge in [0.2, 0.25) is 11.8 Å². The van der Waals surface area contributed by atoms with Crippen molar-refractivity contribution in [3.8, 4) is 0 Å². The van der Waals surface area contributed by atoms with E-state index >= 15 is 9.59 Å². The van der Waals surface area contributed by atoms with Crippen LogP contribution in [0.5, 0.6) is 0 Å². The summed E-state index contributed by atoms with van der Waals surface area (Å²) in [5.41, 5.74) is 0.244. The predicted molar refractivity (Wildman–Crippen MR) is 195 cm³/mol. The second-order valence-corrected chi connectivity index (χ2v) is 16.0. The lowest BCUT2D eigenvalue weighted by Crippen LogP contribution is -2.65. The van der Waals surface area contributed by atoms with Gasteiger partial charge in [0.05, 0.1) is 10.3 Å². The molecule has 3 aromatic carbocycles. The standard InChI is InChI=1S/C41H40N6O6/c48-35(21-27-20-28-10-6-16-45(28)40(27)31-12-1-3-14-33(31)42-37(40)50)44-23-26(18-25-8-5-9-29(19-25)47(52)53)36(49)39(24-44)22-30-11-7-17-46(30)41(39)32-13-2-4-15-34(32)43-38(41)51/h1-5,8-9,12-15,18-19,27-28,30H,6-7,10-11,16-17,20-24H2,(H,42,50)(H,43,51)/b26-18+/t27-,28-,30-,39+,40-,41+/m1/s1. The van der Waals surface area contributed by atoms with Gasteiger partial charge in [-0.2, -0.15) is 0 Å². The first-order chi connectivity index (χ1) is 25.7. The fourth-order valence-electron chi connectivity index (χ4n) is 11.8. The first-order valence-corrected chi connectivity index (χ1v) is 18.8. The zero-order chi connectivity index (χ0) is 36.3. The number of carbonyl (C=O) groups excluding carboxylic acids is 4. The number of carbonyl (C=O) groups is 4. The Balaban J connectivity index is 1.09. The summed E-state index contributed by atoms with van der Waals surface area (Å²) in [4.78, 5) is 76.7. The Morgan fingerprint density at radius 2 is 1.57 bits per heavy atom. The number of fused-ring (bicyclic) bond motifs is 9. The van der Waals surface area contributed by atoms with Crippen LogP contribution in [0.3, 0.4) is 0 Å². The lowest BCUT2D eigenvalue weighted by molar-refractivity contribution is -0.384. The van der Waals surface area contributed by atoms with Crippen LogP contribution < -0.4 is 10.6 Å². The number of amides is 3. The molecule has 12 nitrogen and oxygen atoms in total. The van der Waals surface area contributed by atoms with E-state index in [1.165, 1.54) is 12.1 Å². The van der Waals surface area contributed by atoms with Crippen LogP contribution in [0.2, 0.25) is 0 Å². The molecule has 0 radical (unpaired) electrons. The van der Waals surface area contributed by atoms with Crippen LogP contribution in [0.1, 0.15) is 61.6 Å². The second-order valence-electron chi connectivity index (χ2n) is 16.0. The summed E-state index contributed by atoms with van der Waals surface area (Å²) in [5, 5.41) is 18.0. The lowest BCUT2D eigenvalue weighted by Gasteiger charge is -2.50. The van der Waals surface area contributed by atoms with Gasteiger partial charge in [-0.05, 0) is 75.4 Å². The van der Waals surface area contributed by atoms with E-state index in [-0.39, 0.29) is 66.7 Å². The van der Waals surface area contributed by atoms with E-state index in [4.69, 9.17) is 0 Å². The molecule has 7 aliphatic heterocycles. The molecule has 0 bridgehead atoms. The maximum Gasteiger partial charge on any atom is 0.270 e. The van der Waals surface area contributed by atoms with E-state index in [1.807, 2.05) is 48.5 Å². The van der Waals surface area contributed by atoms with Crippen LogP contribution in [0, 0.1) is 21.4 Å². The van der Waals surface area contributed by atoms with Crippen molar-refractivity contribution in [2.24, 2.45) is 11.3 Å². The van der Waals surface area contributed by atoms with Crippen LogP contribution in [0.15, 0.2) is 78.4 Å². The molecule has 7 aliphatic rings. The maximum atomic E-state index is 15.3. The van der Waals surface area contributed by atoms with Crippen molar-refractivity contribution < 1.29 is 24.1 Å². The highest BCUT2D eigenvalue weighted by molar-refractivity contribution is 6.16. The number of non-ortho nitro benzene ring substituents is 1. The molecule has 2 N–H and O–H groups in total. The van der Waals surface area contributed by atoms with Crippen LogP contribution in [-0.4, -0.2) is 81.4 Å². The van der Waals surface area contributed by atoms with Gasteiger partial charge < -0.3 is 15.5 Å². The van der Waals surface area contributed by atoms with Gasteiger partial charge >= 0.3 is 0 Å². The quantitative estimate of drug-likeness (QED) is 0.223. The smallest absolute Gasteiger partial charge is 0.270 e. The van der Waals surface area contributed by atoms with Crippen molar-refractivity contribution in [2.75, 3.05) is 36.8 Å². The van der Waals surface area contributed by atoms with E-state index in [2.05, 4.69) is 20.4 Å². The zero-order valence-electron chi connectivity index (χ0n) is 29.3. The summed E-state index contributed by atoms with van der Waals surface area (Å²) in [6.07, 6.45) is 6.57. The van der Waals surface area contributed by atoms with E-state index in [1.54, 1.807) is 23.1 Å². The van der Waals surface area contributed by atoms with Gasteiger partial charge in [0.1, 0.15) is 11.1 Å². The number of nitro groups is 1. The third-order valence-corrected chi connectivity index (χ3v) is 13.6. The lowest BCUT2D eigenvalue weighted by atomic mass is 9.60. The van der Waals surface area contributed by atoms with Crippen LogP contribution in [0.25, 0.3) is 6.08 Å². The van der Waals surface area contributed by atoms with Gasteiger partial charge in [0.25, 0.3) is 11.6 Å². The van der Waals surface area contributed by atoms with Crippen LogP contribution in [0.4, 0.5) is 17.1 Å². The Morgan fingerprint density at radius 1 is 0.868 bits per heavy atom. The number of likely N-dealkylation sites (tertiary alicyclic amines) is 1. The Labute approximate surface area is 306 Å². The van der Waals surface area contributed by atoms with E-state index in [0.29, 0.717) is 36.2 Å². The van der Waals surface area contributed by atoms with Gasteiger partial charge in [0.15, 0.2) is 5.78 Å². The fourth-order valence-corrected chi connectivity index (χ4v) is 11.8. The third kappa shape index (κ3) is 4.19. The Morgan fingerprint density at radius 3 is 2.36 bits per heavy atom. The highest BCUT2D eigenvalue weighted by Crippen LogP contribution is 2.64. The Kier molecular flexibility index (Phi) is 6.98. The van der Waals surface area contributed by atoms with Gasteiger partial charge in [-0.15, -0.1) is 0 Å². The average molecular weight is 713 g/mol. The van der Waals surface area contributed by atoms with E-state index < -0.39 is 21.4 Å². The minimum atomic E-state index is -1.33. The van der Waals surface area contributed by atoms with Crippen LogP contribution >= 0.6 is 0 Å². The van der Waals surface area contributed by atoms with Gasteiger partial charge in [-0.3, -0.25) is 39.1 Å². The van der Waals surface area contributed by atoms with Gasteiger partial charge in [-0.25, -0.2) is 0 Å². The number of ketones is 1. The molecule has 12 heteroatoms. The number of hydrogen-bond acceptors (Lipinski definition) is 8. The molecule has 5 fully saturated rings. The number of nitrogens with zero attached hydrogens (tertiary/aromatic N) is 4. The molecular weight excluding hydrogens is 672 g/mol. The summed E-state index contributed by atoms with van der Waals surface area (Å²) in [5.74, 6) is -1.00. The summed E-state index contributed by atoms with van der Waals surface area (Å²) >= 11 is 0. The molecule has 0 aromatic heterocycles. The number of anilines is 2. The first kappa shape index (κ1) is 32.5. The molecule has 3 amide bonds. The molecule has 7 heterocycles. The molecule has 270 valence electrons. The topological polar surface area (TPSA) is 145 Å². The zero-order valence-corrected chi connectivity index (χ0v) is 29.3. The number of para-hydroxylation sites is 2. The molecule has 0 saturated carbocycles. The molecule has 0 unspecified atom stereocenters. The monoisotopic (exact) mass is 712 g/mol. The number of Topliss-reactive ketones (excluding diaryl/α,β-unsaturated/α-hetero) is 1. The van der Waals surface area contributed by atoms with E-state index in [0.717, 1.165) is 49.0 Å². The molecule has 10 rings (SSSR count). The minimum absolute atomic E-state index is 0.00175. The van der Waals surface area contributed by atoms with Crippen molar-refractivity contribution in [1.29, 1.82) is 0 Å². The van der Waals surface area contributed by atoms with Crippen molar-refractivity contribution in [3.63, 3.8) is 0 Å². The van der Waals surface area contributed by atoms with Gasteiger partial charge in [-0.1, -0.05) is 48.5 Å². The van der Waals surface area contributed by atoms with Crippen molar-refractivity contribution in [2.45, 2.75) is 68.1 Å². The number of hydrogen-bond donors (Lipinski definition) is 2. The summed E-state index contributed by atoms with van der Waals surface area (Å²) in [6.45, 7) is 1.49. The number of rotatable bonds is 4. The fraction of sp³-hybridized carbons (Fsp3) is 0.415. The predicted octanol–water partition coefficient (Wildman–Crippen LogP) is 4.81. The van der Waals surface area contributed by atoms with Crippen molar-refractivity contribution >= 4 is 46.6 Å². The SMILES string of the molecule is O=C(C[C@H]1C[C@H]2CCCN2[C@]12C(=O)Nc1ccccc12)N1C/C(=C\c2cccc([N+](=O)[O-])c2)C(=O)[C@]2(C[C@H]3CCCN3[C@@]23C(=O)Nc2ccccc23)C1. The van der Waals surface area contributed by atoms with Crippen molar-refractivity contribution in [3.05, 3.63) is 105 Å². The molecule has 6 atom stereocenters. The molecular formula is C41H40N6O6. The Hall–Kier alpha value is -5.20. The minimum Gasteiger partial charge on any atom is -0.337 e. The molecule has 53 heavy (non-hydrogen) atoms. The van der Waals surface area contributed by atoms with Gasteiger partial charge in [0, 0.05) is 77.7 Å². The van der Waals surface area contributed by atoms with E-state index in [9.17, 15) is 19.7 Å². The van der Waals surface area contributed by atoms with Crippen LogP contribution in [-0.2, 0) is 30.3 Å². The number of piperidine rings is 1.